The van der Waals surface area contributed by atoms with Crippen molar-refractivity contribution < 1.29 is 14.7 Å². The molecule has 2 aromatic heterocycles. The largest absolute Gasteiger partial charge is 0.480 e. The van der Waals surface area contributed by atoms with Gasteiger partial charge in [0, 0.05) is 35.1 Å². The molecular weight excluding hydrogens is 466 g/mol. The Morgan fingerprint density at radius 3 is 2.05 bits per heavy atom. The number of carboxylic acid groups (broad SMARTS) is 1. The quantitative estimate of drug-likeness (QED) is 0.256. The Bertz CT molecular complexity index is 1570. The maximum absolute atomic E-state index is 13.0. The SMILES string of the molecule is O=C(N[C@@H](Cc1c[nH]c2ccccc12)C(=O)O)c1ccc(C(c2ccccc2)c2ccccc2)[nH]c1=O. The summed E-state index contributed by atoms with van der Waals surface area (Å²) in [6, 6.07) is 29.0. The minimum absolute atomic E-state index is 0.0746. The summed E-state index contributed by atoms with van der Waals surface area (Å²) in [6.07, 6.45) is 1.81. The number of amides is 1. The molecule has 184 valence electrons. The lowest BCUT2D eigenvalue weighted by Crippen LogP contribution is -2.44. The van der Waals surface area contributed by atoms with Crippen molar-refractivity contribution in [2.24, 2.45) is 0 Å². The molecule has 0 saturated carbocycles. The van der Waals surface area contributed by atoms with Crippen molar-refractivity contribution in [3.05, 3.63) is 142 Å². The molecule has 0 aliphatic heterocycles. The van der Waals surface area contributed by atoms with Crippen LogP contribution in [0.5, 0.6) is 0 Å². The highest BCUT2D eigenvalue weighted by Gasteiger charge is 2.25. The third-order valence-corrected chi connectivity index (χ3v) is 6.46. The molecule has 0 unspecified atom stereocenters. The van der Waals surface area contributed by atoms with E-state index in [1.165, 1.54) is 6.07 Å². The van der Waals surface area contributed by atoms with Gasteiger partial charge in [0.2, 0.25) is 0 Å². The Morgan fingerprint density at radius 1 is 0.811 bits per heavy atom. The average molecular weight is 492 g/mol. The normalized spacial score (nSPS) is 11.9. The van der Waals surface area contributed by atoms with Crippen molar-refractivity contribution in [2.75, 3.05) is 0 Å². The van der Waals surface area contributed by atoms with Gasteiger partial charge in [-0.15, -0.1) is 0 Å². The van der Waals surface area contributed by atoms with Crippen molar-refractivity contribution in [1.29, 1.82) is 0 Å². The van der Waals surface area contributed by atoms with Crippen LogP contribution < -0.4 is 10.9 Å². The predicted molar refractivity (Wildman–Crippen MR) is 142 cm³/mol. The first kappa shape index (κ1) is 23.8. The highest BCUT2D eigenvalue weighted by molar-refractivity contribution is 5.96. The number of aromatic nitrogens is 2. The lowest BCUT2D eigenvalue weighted by Gasteiger charge is -2.19. The van der Waals surface area contributed by atoms with Crippen LogP contribution in [0.4, 0.5) is 0 Å². The van der Waals surface area contributed by atoms with Crippen LogP contribution in [-0.2, 0) is 11.2 Å². The Balaban J connectivity index is 1.41. The van der Waals surface area contributed by atoms with Crippen LogP contribution in [0.25, 0.3) is 10.9 Å². The van der Waals surface area contributed by atoms with Gasteiger partial charge in [-0.05, 0) is 34.9 Å². The second-order valence-electron chi connectivity index (χ2n) is 8.84. The number of carbonyl (C=O) groups is 2. The first-order valence-electron chi connectivity index (χ1n) is 11.9. The van der Waals surface area contributed by atoms with Crippen molar-refractivity contribution >= 4 is 22.8 Å². The van der Waals surface area contributed by atoms with Gasteiger partial charge in [0.25, 0.3) is 11.5 Å². The molecule has 0 fully saturated rings. The second-order valence-corrected chi connectivity index (χ2v) is 8.84. The molecule has 7 heteroatoms. The third kappa shape index (κ3) is 5.06. The molecule has 2 heterocycles. The molecule has 0 spiro atoms. The van der Waals surface area contributed by atoms with Crippen LogP contribution in [0.2, 0.25) is 0 Å². The highest BCUT2D eigenvalue weighted by atomic mass is 16.4. The minimum atomic E-state index is -1.20. The van der Waals surface area contributed by atoms with Gasteiger partial charge in [0.1, 0.15) is 11.6 Å². The van der Waals surface area contributed by atoms with Gasteiger partial charge in [0.05, 0.1) is 0 Å². The number of para-hydroxylation sites is 1. The molecule has 4 N–H and O–H groups in total. The van der Waals surface area contributed by atoms with Gasteiger partial charge in [-0.1, -0.05) is 78.9 Å². The lowest BCUT2D eigenvalue weighted by atomic mass is 9.88. The monoisotopic (exact) mass is 491 g/mol. The van der Waals surface area contributed by atoms with Crippen LogP contribution in [0, 0.1) is 0 Å². The molecular formula is C30H25N3O4. The molecule has 1 atom stereocenters. The molecule has 3 aromatic carbocycles. The van der Waals surface area contributed by atoms with Crippen LogP contribution >= 0.6 is 0 Å². The number of carboxylic acids is 1. The van der Waals surface area contributed by atoms with E-state index in [-0.39, 0.29) is 17.9 Å². The first-order valence-corrected chi connectivity index (χ1v) is 11.9. The zero-order valence-corrected chi connectivity index (χ0v) is 19.8. The number of fused-ring (bicyclic) bond motifs is 1. The summed E-state index contributed by atoms with van der Waals surface area (Å²) in [5, 5.41) is 13.2. The molecule has 1 amide bonds. The summed E-state index contributed by atoms with van der Waals surface area (Å²) in [4.78, 5) is 43.9. The van der Waals surface area contributed by atoms with E-state index in [4.69, 9.17) is 0 Å². The highest BCUT2D eigenvalue weighted by Crippen LogP contribution is 2.30. The molecule has 0 aliphatic carbocycles. The molecule has 0 radical (unpaired) electrons. The molecule has 37 heavy (non-hydrogen) atoms. The van der Waals surface area contributed by atoms with Crippen LogP contribution in [0.1, 0.15) is 38.7 Å². The number of hydrogen-bond donors (Lipinski definition) is 4. The Kier molecular flexibility index (Phi) is 6.68. The van der Waals surface area contributed by atoms with E-state index in [1.807, 2.05) is 84.9 Å². The standard InChI is InChI=1S/C30H25N3O4/c34-28-23(29(35)33-26(30(36)37)17-21-18-31-24-14-8-7-13-22(21)24)15-16-25(32-28)27(19-9-3-1-4-10-19)20-11-5-2-6-12-20/h1-16,18,26-27,31H,17H2,(H,32,34)(H,33,35)(H,36,37)/t26-/m0/s1. The van der Waals surface area contributed by atoms with Crippen LogP contribution in [0.15, 0.2) is 108 Å². The van der Waals surface area contributed by atoms with Gasteiger partial charge in [-0.3, -0.25) is 9.59 Å². The zero-order chi connectivity index (χ0) is 25.8. The summed E-state index contributed by atoms with van der Waals surface area (Å²) in [6.45, 7) is 0. The Labute approximate surface area is 212 Å². The fraction of sp³-hybridized carbons (Fsp3) is 0.100. The molecule has 0 aliphatic rings. The third-order valence-electron chi connectivity index (χ3n) is 6.46. The first-order chi connectivity index (χ1) is 18.0. The lowest BCUT2D eigenvalue weighted by molar-refractivity contribution is -0.139. The number of rotatable bonds is 8. The van der Waals surface area contributed by atoms with E-state index in [9.17, 15) is 19.5 Å². The smallest absolute Gasteiger partial charge is 0.326 e. The van der Waals surface area contributed by atoms with Crippen LogP contribution in [-0.4, -0.2) is 33.0 Å². The van der Waals surface area contributed by atoms with Crippen molar-refractivity contribution in [1.82, 2.24) is 15.3 Å². The number of benzene rings is 3. The molecule has 5 rings (SSSR count). The summed E-state index contributed by atoms with van der Waals surface area (Å²) in [7, 11) is 0. The summed E-state index contributed by atoms with van der Waals surface area (Å²) in [5.41, 5.74) is 3.54. The maximum Gasteiger partial charge on any atom is 0.326 e. The zero-order valence-electron chi connectivity index (χ0n) is 19.8. The van der Waals surface area contributed by atoms with Crippen molar-refractivity contribution in [2.45, 2.75) is 18.4 Å². The maximum atomic E-state index is 13.0. The van der Waals surface area contributed by atoms with Gasteiger partial charge >= 0.3 is 5.97 Å². The van der Waals surface area contributed by atoms with Crippen molar-refractivity contribution in [3.8, 4) is 0 Å². The van der Waals surface area contributed by atoms with Gasteiger partial charge in [-0.25, -0.2) is 4.79 Å². The Hall–Kier alpha value is -4.91. The van der Waals surface area contributed by atoms with E-state index >= 15 is 0 Å². The number of pyridine rings is 1. The molecule has 5 aromatic rings. The predicted octanol–water partition coefficient (Wildman–Crippen LogP) is 4.46. The number of carbonyl (C=O) groups excluding carboxylic acids is 1. The van der Waals surface area contributed by atoms with Crippen LogP contribution in [0.3, 0.4) is 0 Å². The number of H-pyrrole nitrogens is 2. The number of aliphatic carboxylic acids is 1. The molecule has 0 saturated heterocycles. The van der Waals surface area contributed by atoms with Gasteiger partial charge in [0.15, 0.2) is 0 Å². The fourth-order valence-corrected chi connectivity index (χ4v) is 4.64. The summed E-state index contributed by atoms with van der Waals surface area (Å²) < 4.78 is 0. The molecule has 0 bridgehead atoms. The van der Waals surface area contributed by atoms with Gasteiger partial charge in [-0.2, -0.15) is 0 Å². The number of aromatic amines is 2. The van der Waals surface area contributed by atoms with E-state index in [0.29, 0.717) is 5.69 Å². The van der Waals surface area contributed by atoms with Crippen molar-refractivity contribution in [3.63, 3.8) is 0 Å². The number of hydrogen-bond acceptors (Lipinski definition) is 3. The topological polar surface area (TPSA) is 115 Å². The fourth-order valence-electron chi connectivity index (χ4n) is 4.64. The Morgan fingerprint density at radius 2 is 1.43 bits per heavy atom. The summed E-state index contributed by atoms with van der Waals surface area (Å²) >= 11 is 0. The minimum Gasteiger partial charge on any atom is -0.480 e. The van der Waals surface area contributed by atoms with Gasteiger partial charge < -0.3 is 20.4 Å². The average Bonchev–Trinajstić information content (AvgIpc) is 3.32. The van der Waals surface area contributed by atoms with E-state index in [1.54, 1.807) is 12.3 Å². The van der Waals surface area contributed by atoms with E-state index in [2.05, 4.69) is 15.3 Å². The number of nitrogens with one attached hydrogen (secondary N) is 3. The van der Waals surface area contributed by atoms with E-state index < -0.39 is 23.5 Å². The molecule has 7 nitrogen and oxygen atoms in total. The summed E-state index contributed by atoms with van der Waals surface area (Å²) in [5.74, 6) is -2.16. The van der Waals surface area contributed by atoms with E-state index in [0.717, 1.165) is 27.6 Å². The second kappa shape index (κ2) is 10.4.